The van der Waals surface area contributed by atoms with Gasteiger partial charge in [0.15, 0.2) is 11.9 Å². The van der Waals surface area contributed by atoms with Crippen LogP contribution in [0.15, 0.2) is 54.6 Å². The van der Waals surface area contributed by atoms with Crippen LogP contribution in [-0.2, 0) is 17.8 Å². The second-order valence-corrected chi connectivity index (χ2v) is 10.5. The van der Waals surface area contributed by atoms with E-state index in [2.05, 4.69) is 30.3 Å². The topological polar surface area (TPSA) is 103 Å². The number of esters is 1. The summed E-state index contributed by atoms with van der Waals surface area (Å²) in [6, 6.07) is 6.37. The minimum atomic E-state index is -0.974. The van der Waals surface area contributed by atoms with E-state index in [-0.39, 0.29) is 10.7 Å². The lowest BCUT2D eigenvalue weighted by molar-refractivity contribution is -0.137. The van der Waals surface area contributed by atoms with Crippen LogP contribution in [0.4, 0.5) is 10.2 Å². The van der Waals surface area contributed by atoms with Crippen molar-refractivity contribution in [3.8, 4) is 16.3 Å². The number of imidazole rings is 1. The molecule has 1 N–H and O–H groups in total. The van der Waals surface area contributed by atoms with E-state index in [0.717, 1.165) is 57.1 Å². The molecule has 0 saturated carbocycles. The Kier molecular flexibility index (Phi) is 6.05. The second-order valence-electron chi connectivity index (χ2n) is 9.61. The van der Waals surface area contributed by atoms with Crippen LogP contribution in [0.1, 0.15) is 23.9 Å². The zero-order valence-electron chi connectivity index (χ0n) is 21.0. The van der Waals surface area contributed by atoms with Crippen molar-refractivity contribution in [2.24, 2.45) is 0 Å². The molecule has 1 atom stereocenters. The molecule has 12 heteroatoms. The average Bonchev–Trinajstić information content (AvgIpc) is 3.77. The Morgan fingerprint density at radius 1 is 1.10 bits per heavy atom. The van der Waals surface area contributed by atoms with Gasteiger partial charge in [-0.2, -0.15) is 5.10 Å². The molecule has 0 bridgehead atoms. The van der Waals surface area contributed by atoms with Crippen molar-refractivity contribution < 1.29 is 13.9 Å². The highest BCUT2D eigenvalue weighted by Crippen LogP contribution is 2.32. The number of carbonyl (C=O) groups excluding carboxylic acids is 1. The summed E-state index contributed by atoms with van der Waals surface area (Å²) in [5.41, 5.74) is 2.76. The van der Waals surface area contributed by atoms with Crippen molar-refractivity contribution in [1.82, 2.24) is 34.6 Å². The second kappa shape index (κ2) is 9.86. The van der Waals surface area contributed by atoms with Crippen LogP contribution in [0.3, 0.4) is 0 Å². The molecule has 0 amide bonds. The summed E-state index contributed by atoms with van der Waals surface area (Å²) >= 11 is 1.22. The quantitative estimate of drug-likeness (QED) is 0.325. The normalized spacial score (nSPS) is 16.0. The van der Waals surface area contributed by atoms with Gasteiger partial charge in [-0.3, -0.25) is 4.68 Å². The van der Waals surface area contributed by atoms with Crippen molar-refractivity contribution in [1.29, 1.82) is 0 Å². The van der Waals surface area contributed by atoms with E-state index in [1.807, 2.05) is 22.8 Å². The first-order chi connectivity index (χ1) is 19.2. The number of halogens is 1. The lowest BCUT2D eigenvalue weighted by Crippen LogP contribution is -2.43. The van der Waals surface area contributed by atoms with Gasteiger partial charge in [-0.05, 0) is 25.0 Å². The summed E-state index contributed by atoms with van der Waals surface area (Å²) in [5.74, 6) is -0.162. The molecule has 6 heterocycles. The highest BCUT2D eigenvalue weighted by Gasteiger charge is 2.33. The number of hydrogen-bond donors (Lipinski definition) is 1. The summed E-state index contributed by atoms with van der Waals surface area (Å²) < 4.78 is 25.0. The van der Waals surface area contributed by atoms with Crippen LogP contribution >= 0.6 is 11.3 Å². The minimum absolute atomic E-state index is 0.168. The Morgan fingerprint density at radius 3 is 2.79 bits per heavy atom. The van der Waals surface area contributed by atoms with Gasteiger partial charge in [0, 0.05) is 78.9 Å². The van der Waals surface area contributed by atoms with E-state index in [4.69, 9.17) is 4.74 Å². The SMILES string of the molecule is O=C(Oc1nccs1)C(c1ncn2c1CCC2)n1cc2ccc(-c3ccc(N4CCNCC4)nc3)c(F)c2n1. The summed E-state index contributed by atoms with van der Waals surface area (Å²) in [5, 5.41) is 10.4. The van der Waals surface area contributed by atoms with Crippen molar-refractivity contribution in [2.45, 2.75) is 25.4 Å². The number of anilines is 1. The predicted octanol–water partition coefficient (Wildman–Crippen LogP) is 3.44. The molecule has 39 heavy (non-hydrogen) atoms. The molecule has 1 saturated heterocycles. The Labute approximate surface area is 227 Å². The van der Waals surface area contributed by atoms with Crippen LogP contribution < -0.4 is 15.0 Å². The van der Waals surface area contributed by atoms with Crippen molar-refractivity contribution in [3.05, 3.63) is 71.8 Å². The van der Waals surface area contributed by atoms with Gasteiger partial charge in [-0.15, -0.1) is 0 Å². The first-order valence-corrected chi connectivity index (χ1v) is 13.8. The Balaban J connectivity index is 1.25. The fourth-order valence-electron chi connectivity index (χ4n) is 5.33. The van der Waals surface area contributed by atoms with E-state index in [9.17, 15) is 4.79 Å². The van der Waals surface area contributed by atoms with Gasteiger partial charge in [0.25, 0.3) is 5.19 Å². The molecule has 1 fully saturated rings. The maximum Gasteiger partial charge on any atom is 0.344 e. The third kappa shape index (κ3) is 4.35. The number of hydrogen-bond acceptors (Lipinski definition) is 9. The fraction of sp³-hybridized carbons (Fsp3) is 0.296. The van der Waals surface area contributed by atoms with Gasteiger partial charge in [0.2, 0.25) is 0 Å². The molecule has 198 valence electrons. The highest BCUT2D eigenvalue weighted by molar-refractivity contribution is 7.11. The number of benzene rings is 1. The molecular weight excluding hydrogens is 519 g/mol. The molecule has 5 aromatic rings. The first kappa shape index (κ1) is 23.9. The Bertz CT molecular complexity index is 1640. The van der Waals surface area contributed by atoms with Gasteiger partial charge < -0.3 is 19.5 Å². The molecular formula is C27H25FN8O2S. The third-order valence-corrected chi connectivity index (χ3v) is 7.92. The number of nitrogens with one attached hydrogen (secondary N) is 1. The lowest BCUT2D eigenvalue weighted by atomic mass is 10.1. The van der Waals surface area contributed by atoms with E-state index in [1.165, 1.54) is 16.0 Å². The zero-order chi connectivity index (χ0) is 26.3. The predicted molar refractivity (Wildman–Crippen MR) is 144 cm³/mol. The molecule has 2 aliphatic rings. The van der Waals surface area contributed by atoms with Crippen molar-refractivity contribution in [2.75, 3.05) is 31.1 Å². The van der Waals surface area contributed by atoms with Crippen molar-refractivity contribution in [3.63, 3.8) is 0 Å². The number of thiazole rings is 1. The van der Waals surface area contributed by atoms with Gasteiger partial charge >= 0.3 is 5.97 Å². The van der Waals surface area contributed by atoms with E-state index in [1.54, 1.807) is 36.4 Å². The largest absolute Gasteiger partial charge is 0.396 e. The number of nitrogens with zero attached hydrogens (tertiary/aromatic N) is 7. The summed E-state index contributed by atoms with van der Waals surface area (Å²) in [6.45, 7) is 4.44. The summed E-state index contributed by atoms with van der Waals surface area (Å²) in [4.78, 5) is 28.9. The molecule has 0 spiro atoms. The summed E-state index contributed by atoms with van der Waals surface area (Å²) in [6.07, 6.45) is 8.44. The van der Waals surface area contributed by atoms with E-state index >= 15 is 4.39 Å². The van der Waals surface area contributed by atoms with Crippen LogP contribution in [0, 0.1) is 5.82 Å². The van der Waals surface area contributed by atoms with Crippen LogP contribution in [0.25, 0.3) is 22.0 Å². The summed E-state index contributed by atoms with van der Waals surface area (Å²) in [7, 11) is 0. The minimum Gasteiger partial charge on any atom is -0.396 e. The Morgan fingerprint density at radius 2 is 2.00 bits per heavy atom. The van der Waals surface area contributed by atoms with E-state index in [0.29, 0.717) is 22.2 Å². The average molecular weight is 545 g/mol. The number of piperazine rings is 1. The molecule has 7 rings (SSSR count). The zero-order valence-corrected chi connectivity index (χ0v) is 21.8. The van der Waals surface area contributed by atoms with Gasteiger partial charge in [-0.25, -0.2) is 24.1 Å². The number of ether oxygens (including phenoxy) is 1. The number of aryl methyl sites for hydroxylation is 1. The molecule has 0 radical (unpaired) electrons. The fourth-order valence-corrected chi connectivity index (χ4v) is 5.82. The van der Waals surface area contributed by atoms with Gasteiger partial charge in [0.05, 0.1) is 12.0 Å². The lowest BCUT2D eigenvalue weighted by Gasteiger charge is -2.28. The monoisotopic (exact) mass is 544 g/mol. The van der Waals surface area contributed by atoms with Gasteiger partial charge in [-0.1, -0.05) is 23.5 Å². The maximum absolute atomic E-state index is 15.9. The number of rotatable bonds is 6. The number of fused-ring (bicyclic) bond motifs is 2. The smallest absolute Gasteiger partial charge is 0.344 e. The molecule has 1 aromatic carbocycles. The standard InChI is InChI=1S/C27H25FN8O2S/c28-22-19(17-4-6-21(31-14-17)34-11-7-29-8-12-34)5-3-18-15-36(33-23(18)22)25(26(37)38-27-30-9-13-39-27)24-20-2-1-10-35(20)16-32-24/h3-6,9,13-16,25,29H,1-2,7-8,10-12H2. The van der Waals surface area contributed by atoms with Crippen LogP contribution in [0.5, 0.6) is 5.19 Å². The van der Waals surface area contributed by atoms with Crippen LogP contribution in [-0.4, -0.2) is 61.4 Å². The van der Waals surface area contributed by atoms with Crippen LogP contribution in [0.2, 0.25) is 0 Å². The molecule has 2 aliphatic heterocycles. The van der Waals surface area contributed by atoms with Crippen molar-refractivity contribution >= 4 is 34.0 Å². The molecule has 10 nitrogen and oxygen atoms in total. The van der Waals surface area contributed by atoms with Gasteiger partial charge in [0.1, 0.15) is 11.3 Å². The first-order valence-electron chi connectivity index (χ1n) is 12.9. The molecule has 0 aliphatic carbocycles. The molecule has 1 unspecified atom stereocenters. The number of carbonyl (C=O) groups is 1. The number of pyridine rings is 1. The number of aromatic nitrogens is 6. The molecule has 4 aromatic heterocycles. The van der Waals surface area contributed by atoms with E-state index < -0.39 is 17.8 Å². The highest BCUT2D eigenvalue weighted by atomic mass is 32.1. The maximum atomic E-state index is 15.9. The third-order valence-electron chi connectivity index (χ3n) is 7.27. The Hall–Kier alpha value is -4.16.